The second-order valence-electron chi connectivity index (χ2n) is 6.37. The van der Waals surface area contributed by atoms with Crippen LogP contribution in [0.2, 0.25) is 0 Å². The van der Waals surface area contributed by atoms with Crippen LogP contribution in [-0.2, 0) is 30.0 Å². The van der Waals surface area contributed by atoms with Crippen molar-refractivity contribution in [2.45, 2.75) is 24.8 Å². The fraction of sp³-hybridized carbons (Fsp3) is 0.278. The second kappa shape index (κ2) is 5.57. The average molecular weight is 358 g/mol. The van der Waals surface area contributed by atoms with Gasteiger partial charge in [0.2, 0.25) is 10.0 Å². The van der Waals surface area contributed by atoms with Gasteiger partial charge in [-0.1, -0.05) is 24.3 Å². The monoisotopic (exact) mass is 358 g/mol. The van der Waals surface area contributed by atoms with Gasteiger partial charge in [0, 0.05) is 26.2 Å². The fourth-order valence-corrected chi connectivity index (χ4v) is 4.99. The number of aromatic nitrogens is 1. The van der Waals surface area contributed by atoms with Gasteiger partial charge in [-0.25, -0.2) is 13.2 Å². The van der Waals surface area contributed by atoms with Crippen molar-refractivity contribution < 1.29 is 12.8 Å². The number of oxazole rings is 1. The maximum atomic E-state index is 13.2. The standard InChI is InChI=1S/C18H18N2O4S/c1-12-9-15-16(24-18(21)19(15)2)10-17(12)25(22,23)20-8-7-13-5-3-4-6-14(13)11-20/h3-6,9-10H,7-8,11H2,1-2H3. The number of aryl methyl sites for hydroxylation is 2. The van der Waals surface area contributed by atoms with Crippen LogP contribution in [0.25, 0.3) is 11.1 Å². The molecule has 2 aromatic carbocycles. The third kappa shape index (κ3) is 2.51. The minimum absolute atomic E-state index is 0.189. The van der Waals surface area contributed by atoms with E-state index in [1.54, 1.807) is 20.0 Å². The summed E-state index contributed by atoms with van der Waals surface area (Å²) in [5.41, 5.74) is 3.69. The zero-order chi connectivity index (χ0) is 17.8. The summed E-state index contributed by atoms with van der Waals surface area (Å²) < 4.78 is 34.3. The van der Waals surface area contributed by atoms with Crippen LogP contribution in [0, 0.1) is 6.92 Å². The highest BCUT2D eigenvalue weighted by atomic mass is 32.2. The third-order valence-electron chi connectivity index (χ3n) is 4.80. The van der Waals surface area contributed by atoms with Gasteiger partial charge < -0.3 is 4.42 Å². The molecule has 130 valence electrons. The molecule has 0 aliphatic carbocycles. The van der Waals surface area contributed by atoms with E-state index in [1.807, 2.05) is 24.3 Å². The van der Waals surface area contributed by atoms with Gasteiger partial charge in [-0.15, -0.1) is 0 Å². The molecule has 0 spiro atoms. The maximum Gasteiger partial charge on any atom is 0.419 e. The number of sulfonamides is 1. The zero-order valence-corrected chi connectivity index (χ0v) is 14.8. The number of benzene rings is 2. The molecule has 3 aromatic rings. The van der Waals surface area contributed by atoms with E-state index in [0.717, 1.165) is 5.56 Å². The van der Waals surface area contributed by atoms with Crippen LogP contribution < -0.4 is 5.76 Å². The highest BCUT2D eigenvalue weighted by molar-refractivity contribution is 7.89. The molecule has 0 bridgehead atoms. The van der Waals surface area contributed by atoms with Crippen molar-refractivity contribution >= 4 is 21.1 Å². The number of hydrogen-bond donors (Lipinski definition) is 0. The largest absolute Gasteiger partial charge is 0.419 e. The van der Waals surface area contributed by atoms with Crippen molar-refractivity contribution in [1.82, 2.24) is 8.87 Å². The predicted octanol–water partition coefficient (Wildman–Crippen LogP) is 2.19. The van der Waals surface area contributed by atoms with Gasteiger partial charge in [0.1, 0.15) is 0 Å². The van der Waals surface area contributed by atoms with E-state index in [-0.39, 0.29) is 10.5 Å². The van der Waals surface area contributed by atoms with E-state index in [0.29, 0.717) is 30.6 Å². The first-order valence-electron chi connectivity index (χ1n) is 8.05. The quantitative estimate of drug-likeness (QED) is 0.704. The molecule has 1 aliphatic heterocycles. The fourth-order valence-electron chi connectivity index (χ4n) is 3.35. The molecule has 0 unspecified atom stereocenters. The van der Waals surface area contributed by atoms with Crippen LogP contribution in [-0.4, -0.2) is 23.8 Å². The van der Waals surface area contributed by atoms with E-state index in [2.05, 4.69) is 0 Å². The lowest BCUT2D eigenvalue weighted by atomic mass is 10.0. The Kier molecular flexibility index (Phi) is 3.59. The molecule has 0 saturated heterocycles. The molecule has 0 fully saturated rings. The SMILES string of the molecule is Cc1cc2c(cc1S(=O)(=O)N1CCc3ccccc3C1)oc(=O)n2C. The lowest BCUT2D eigenvalue weighted by Crippen LogP contribution is -2.36. The Morgan fingerprint density at radius 2 is 1.84 bits per heavy atom. The molecular weight excluding hydrogens is 340 g/mol. The Bertz CT molecular complexity index is 1140. The first-order valence-corrected chi connectivity index (χ1v) is 9.49. The van der Waals surface area contributed by atoms with Crippen molar-refractivity contribution in [3.05, 3.63) is 63.6 Å². The van der Waals surface area contributed by atoms with Crippen LogP contribution in [0.4, 0.5) is 0 Å². The van der Waals surface area contributed by atoms with E-state index in [9.17, 15) is 13.2 Å². The van der Waals surface area contributed by atoms with Gasteiger partial charge in [0.25, 0.3) is 0 Å². The molecule has 4 rings (SSSR count). The van der Waals surface area contributed by atoms with Crippen LogP contribution in [0.15, 0.2) is 50.5 Å². The molecule has 2 heterocycles. The van der Waals surface area contributed by atoms with Gasteiger partial charge in [0.15, 0.2) is 5.58 Å². The highest BCUT2D eigenvalue weighted by Crippen LogP contribution is 2.29. The van der Waals surface area contributed by atoms with Gasteiger partial charge in [-0.05, 0) is 36.1 Å². The van der Waals surface area contributed by atoms with Gasteiger partial charge >= 0.3 is 5.76 Å². The van der Waals surface area contributed by atoms with Crippen molar-refractivity contribution in [1.29, 1.82) is 0 Å². The number of nitrogens with zero attached hydrogens (tertiary/aromatic N) is 2. The van der Waals surface area contributed by atoms with Crippen molar-refractivity contribution in [2.24, 2.45) is 7.05 Å². The Morgan fingerprint density at radius 1 is 1.12 bits per heavy atom. The first-order chi connectivity index (χ1) is 11.9. The molecule has 0 radical (unpaired) electrons. The minimum atomic E-state index is -3.67. The Hall–Kier alpha value is -2.38. The van der Waals surface area contributed by atoms with Gasteiger partial charge in [-0.3, -0.25) is 4.57 Å². The third-order valence-corrected chi connectivity index (χ3v) is 6.79. The first kappa shape index (κ1) is 16.1. The smallest absolute Gasteiger partial charge is 0.408 e. The summed E-state index contributed by atoms with van der Waals surface area (Å²) in [4.78, 5) is 11.9. The average Bonchev–Trinajstić information content (AvgIpc) is 2.88. The predicted molar refractivity (Wildman–Crippen MR) is 93.9 cm³/mol. The highest BCUT2D eigenvalue weighted by Gasteiger charge is 2.30. The summed E-state index contributed by atoms with van der Waals surface area (Å²) >= 11 is 0. The summed E-state index contributed by atoms with van der Waals surface area (Å²) in [7, 11) is -2.07. The van der Waals surface area contributed by atoms with Crippen molar-refractivity contribution in [3.8, 4) is 0 Å². The number of fused-ring (bicyclic) bond motifs is 2. The molecule has 7 heteroatoms. The topological polar surface area (TPSA) is 72.5 Å². The summed E-state index contributed by atoms with van der Waals surface area (Å²) in [5.74, 6) is -0.504. The maximum absolute atomic E-state index is 13.2. The lowest BCUT2D eigenvalue weighted by molar-refractivity contribution is 0.391. The molecule has 0 atom stereocenters. The van der Waals surface area contributed by atoms with Gasteiger partial charge in [0.05, 0.1) is 10.4 Å². The van der Waals surface area contributed by atoms with Crippen LogP contribution >= 0.6 is 0 Å². The number of hydrogen-bond acceptors (Lipinski definition) is 4. The Balaban J connectivity index is 1.80. The van der Waals surface area contributed by atoms with Crippen molar-refractivity contribution in [2.75, 3.05) is 6.54 Å². The van der Waals surface area contributed by atoms with E-state index in [4.69, 9.17) is 4.42 Å². The van der Waals surface area contributed by atoms with Crippen LogP contribution in [0.3, 0.4) is 0 Å². The molecule has 0 saturated carbocycles. The summed E-state index contributed by atoms with van der Waals surface area (Å²) in [6.45, 7) is 2.53. The normalized spacial score (nSPS) is 15.4. The summed E-state index contributed by atoms with van der Waals surface area (Å²) in [5, 5.41) is 0. The molecule has 0 amide bonds. The Labute approximate surface area is 145 Å². The molecule has 6 nitrogen and oxygen atoms in total. The molecule has 0 N–H and O–H groups in total. The molecule has 1 aromatic heterocycles. The summed E-state index contributed by atoms with van der Waals surface area (Å²) in [6.07, 6.45) is 0.692. The van der Waals surface area contributed by atoms with E-state index in [1.165, 1.54) is 20.5 Å². The molecule has 25 heavy (non-hydrogen) atoms. The van der Waals surface area contributed by atoms with Gasteiger partial charge in [-0.2, -0.15) is 4.31 Å². The number of rotatable bonds is 2. The summed E-state index contributed by atoms with van der Waals surface area (Å²) in [6, 6.07) is 11.0. The second-order valence-corrected chi connectivity index (χ2v) is 8.28. The van der Waals surface area contributed by atoms with Crippen molar-refractivity contribution in [3.63, 3.8) is 0 Å². The minimum Gasteiger partial charge on any atom is -0.408 e. The Morgan fingerprint density at radius 3 is 2.60 bits per heavy atom. The molecule has 1 aliphatic rings. The van der Waals surface area contributed by atoms with Crippen LogP contribution in [0.1, 0.15) is 16.7 Å². The van der Waals surface area contributed by atoms with E-state index >= 15 is 0 Å². The van der Waals surface area contributed by atoms with Crippen LogP contribution in [0.5, 0.6) is 0 Å². The zero-order valence-electron chi connectivity index (χ0n) is 14.0. The van der Waals surface area contributed by atoms with E-state index < -0.39 is 15.8 Å². The molecular formula is C18H18N2O4S. The lowest BCUT2D eigenvalue weighted by Gasteiger charge is -2.28.